The molecule has 0 bridgehead atoms. The van der Waals surface area contributed by atoms with Gasteiger partial charge in [-0.05, 0) is 36.4 Å². The normalized spacial score (nSPS) is 13.8. The van der Waals surface area contributed by atoms with Gasteiger partial charge in [0.25, 0.3) is 0 Å². The lowest BCUT2D eigenvalue weighted by Crippen LogP contribution is -2.30. The van der Waals surface area contributed by atoms with Gasteiger partial charge in [0.2, 0.25) is 0 Å². The largest absolute Gasteiger partial charge is 0.416 e. The van der Waals surface area contributed by atoms with Crippen LogP contribution >= 0.6 is 0 Å². The summed E-state index contributed by atoms with van der Waals surface area (Å²) in [5, 5.41) is 0. The van der Waals surface area contributed by atoms with Crippen LogP contribution in [0.25, 0.3) is 0 Å². The fourth-order valence-corrected chi connectivity index (χ4v) is 1.90. The molecule has 0 aliphatic carbocycles. The summed E-state index contributed by atoms with van der Waals surface area (Å²) in [4.78, 5) is 7.43. The van der Waals surface area contributed by atoms with E-state index in [9.17, 15) is 26.3 Å². The van der Waals surface area contributed by atoms with Crippen molar-refractivity contribution < 1.29 is 26.3 Å². The van der Waals surface area contributed by atoms with Gasteiger partial charge < -0.3 is 11.5 Å². The zero-order valence-electron chi connectivity index (χ0n) is 12.9. The molecule has 0 unspecified atom stereocenters. The first-order valence-corrected chi connectivity index (χ1v) is 7.00. The van der Waals surface area contributed by atoms with Crippen LogP contribution in [-0.4, -0.2) is 11.7 Å². The van der Waals surface area contributed by atoms with E-state index in [1.165, 1.54) is 12.1 Å². The molecule has 0 aromatic heterocycles. The number of amidine groups is 2. The second-order valence-electron chi connectivity index (χ2n) is 5.09. The van der Waals surface area contributed by atoms with Gasteiger partial charge in [-0.15, -0.1) is 0 Å². The number of rotatable bonds is 2. The number of hydrogen-bond donors (Lipinski definition) is 2. The molecule has 0 spiro atoms. The Morgan fingerprint density at radius 2 is 1.00 bits per heavy atom. The molecule has 0 atom stereocenters. The minimum atomic E-state index is -4.56. The van der Waals surface area contributed by atoms with Crippen molar-refractivity contribution in [2.75, 3.05) is 0 Å². The molecule has 2 rings (SSSR count). The van der Waals surface area contributed by atoms with Gasteiger partial charge in [-0.25, -0.2) is 9.98 Å². The molecular formula is C16H12F6N4. The van der Waals surface area contributed by atoms with Crippen LogP contribution in [0, 0.1) is 0 Å². The number of halogens is 6. The fourth-order valence-electron chi connectivity index (χ4n) is 1.90. The summed E-state index contributed by atoms with van der Waals surface area (Å²) in [5.74, 6) is -0.858. The highest BCUT2D eigenvalue weighted by atomic mass is 19.4. The van der Waals surface area contributed by atoms with E-state index in [4.69, 9.17) is 11.5 Å². The molecule has 4 nitrogen and oxygen atoms in total. The molecule has 2 aromatic carbocycles. The van der Waals surface area contributed by atoms with Crippen LogP contribution in [0.15, 0.2) is 58.5 Å². The molecule has 26 heavy (non-hydrogen) atoms. The average molecular weight is 374 g/mol. The Balaban J connectivity index is 2.31. The maximum Gasteiger partial charge on any atom is 0.416 e. The van der Waals surface area contributed by atoms with Crippen LogP contribution in [0.4, 0.5) is 37.7 Å². The monoisotopic (exact) mass is 374 g/mol. The minimum Gasteiger partial charge on any atom is -0.381 e. The molecule has 0 aliphatic heterocycles. The van der Waals surface area contributed by atoms with Gasteiger partial charge in [-0.3, -0.25) is 0 Å². The smallest absolute Gasteiger partial charge is 0.381 e. The number of hydrogen-bond acceptors (Lipinski definition) is 2. The lowest BCUT2D eigenvalue weighted by Gasteiger charge is -2.08. The van der Waals surface area contributed by atoms with Crippen molar-refractivity contribution in [1.82, 2.24) is 0 Å². The van der Waals surface area contributed by atoms with Gasteiger partial charge in [0.1, 0.15) is 0 Å². The lowest BCUT2D eigenvalue weighted by molar-refractivity contribution is -0.138. The second kappa shape index (κ2) is 7.06. The van der Waals surface area contributed by atoms with E-state index in [0.29, 0.717) is 0 Å². The van der Waals surface area contributed by atoms with Crippen LogP contribution < -0.4 is 11.5 Å². The number of nitrogens with zero attached hydrogens (tertiary/aromatic N) is 2. The molecule has 0 aliphatic rings. The Hall–Kier alpha value is -3.04. The van der Waals surface area contributed by atoms with Gasteiger partial charge >= 0.3 is 12.4 Å². The van der Waals surface area contributed by atoms with E-state index in [2.05, 4.69) is 9.98 Å². The highest BCUT2D eigenvalue weighted by Gasteiger charge is 2.31. The average Bonchev–Trinajstić information content (AvgIpc) is 2.53. The third-order valence-corrected chi connectivity index (χ3v) is 3.11. The summed E-state index contributed by atoms with van der Waals surface area (Å²) in [6.07, 6.45) is -9.12. The predicted molar refractivity (Wildman–Crippen MR) is 85.5 cm³/mol. The molecular weight excluding hydrogens is 362 g/mol. The number of aliphatic imine (C=N–C) groups is 2. The third kappa shape index (κ3) is 4.98. The van der Waals surface area contributed by atoms with Crippen molar-refractivity contribution in [2.45, 2.75) is 12.4 Å². The summed E-state index contributed by atoms with van der Waals surface area (Å²) >= 11 is 0. The third-order valence-electron chi connectivity index (χ3n) is 3.11. The zero-order valence-corrected chi connectivity index (χ0v) is 12.9. The first-order valence-electron chi connectivity index (χ1n) is 7.00. The lowest BCUT2D eigenvalue weighted by atomic mass is 10.2. The predicted octanol–water partition coefficient (Wildman–Crippen LogP) is 4.40. The molecule has 0 saturated heterocycles. The maximum atomic E-state index is 12.7. The summed E-state index contributed by atoms with van der Waals surface area (Å²) in [7, 11) is 0. The van der Waals surface area contributed by atoms with Crippen LogP contribution in [0.5, 0.6) is 0 Å². The standard InChI is InChI=1S/C16H12F6N4/c17-15(18,19)9-3-1-5-11(7-9)25-13(23)14(24)26-12-6-2-4-10(8-12)16(20,21)22/h1-8H,(H2,23,25)(H2,24,26). The molecule has 0 saturated carbocycles. The van der Waals surface area contributed by atoms with Crippen molar-refractivity contribution in [2.24, 2.45) is 21.5 Å². The first kappa shape index (κ1) is 19.3. The van der Waals surface area contributed by atoms with E-state index in [1.807, 2.05) is 0 Å². The maximum absolute atomic E-state index is 12.7. The highest BCUT2D eigenvalue weighted by Crippen LogP contribution is 2.32. The van der Waals surface area contributed by atoms with Gasteiger partial charge in [-0.1, -0.05) is 12.1 Å². The molecule has 2 aromatic rings. The zero-order chi connectivity index (χ0) is 19.5. The van der Waals surface area contributed by atoms with Crippen molar-refractivity contribution >= 4 is 23.0 Å². The Morgan fingerprint density at radius 1 is 0.654 bits per heavy atom. The van der Waals surface area contributed by atoms with Crippen molar-refractivity contribution in [1.29, 1.82) is 0 Å². The van der Waals surface area contributed by atoms with E-state index in [1.54, 1.807) is 0 Å². The fraction of sp³-hybridized carbons (Fsp3) is 0.125. The van der Waals surface area contributed by atoms with E-state index >= 15 is 0 Å². The highest BCUT2D eigenvalue weighted by molar-refractivity contribution is 6.40. The Morgan fingerprint density at radius 3 is 1.31 bits per heavy atom. The van der Waals surface area contributed by atoms with Crippen LogP contribution in [0.2, 0.25) is 0 Å². The van der Waals surface area contributed by atoms with E-state index in [-0.39, 0.29) is 11.4 Å². The molecule has 10 heteroatoms. The summed E-state index contributed by atoms with van der Waals surface area (Å²) < 4.78 is 76.0. The molecule has 138 valence electrons. The van der Waals surface area contributed by atoms with Crippen LogP contribution in [-0.2, 0) is 12.4 Å². The second-order valence-corrected chi connectivity index (χ2v) is 5.09. The number of benzene rings is 2. The van der Waals surface area contributed by atoms with Crippen LogP contribution in [0.3, 0.4) is 0 Å². The van der Waals surface area contributed by atoms with Crippen molar-refractivity contribution in [3.63, 3.8) is 0 Å². The number of nitrogens with two attached hydrogens (primary N) is 2. The van der Waals surface area contributed by atoms with Gasteiger partial charge in [0.05, 0.1) is 22.5 Å². The molecule has 4 N–H and O–H groups in total. The van der Waals surface area contributed by atoms with E-state index in [0.717, 1.165) is 36.4 Å². The van der Waals surface area contributed by atoms with E-state index < -0.39 is 35.2 Å². The summed E-state index contributed by atoms with van der Waals surface area (Å²) in [5.41, 5.74) is 9.03. The van der Waals surface area contributed by atoms with Crippen molar-refractivity contribution in [3.05, 3.63) is 59.7 Å². The van der Waals surface area contributed by atoms with Gasteiger partial charge in [-0.2, -0.15) is 26.3 Å². The summed E-state index contributed by atoms with van der Waals surface area (Å²) in [6.45, 7) is 0. The topological polar surface area (TPSA) is 76.8 Å². The van der Waals surface area contributed by atoms with Crippen molar-refractivity contribution in [3.8, 4) is 0 Å². The summed E-state index contributed by atoms with van der Waals surface area (Å²) in [6, 6.07) is 8.02. The Bertz CT molecular complexity index is 781. The number of alkyl halides is 6. The molecule has 0 fully saturated rings. The first-order chi connectivity index (χ1) is 12.0. The van der Waals surface area contributed by atoms with Gasteiger partial charge in [0.15, 0.2) is 11.7 Å². The SMILES string of the molecule is NC(=Nc1cccc(C(F)(F)F)c1)C(N)=Nc1cccc(C(F)(F)F)c1. The Labute approximate surface area is 143 Å². The minimum absolute atomic E-state index is 0.125. The molecule has 0 amide bonds. The van der Waals surface area contributed by atoms with Crippen LogP contribution in [0.1, 0.15) is 11.1 Å². The molecule has 0 heterocycles. The molecule has 0 radical (unpaired) electrons. The van der Waals surface area contributed by atoms with Gasteiger partial charge in [0, 0.05) is 0 Å². The quantitative estimate of drug-likeness (QED) is 0.464. The Kier molecular flexibility index (Phi) is 5.24.